The van der Waals surface area contributed by atoms with Crippen molar-refractivity contribution in [2.75, 3.05) is 0 Å². The lowest BCUT2D eigenvalue weighted by atomic mass is 9.75. The van der Waals surface area contributed by atoms with Crippen LogP contribution in [-0.2, 0) is 16.2 Å². The predicted molar refractivity (Wildman–Crippen MR) is 134 cm³/mol. The first-order valence-corrected chi connectivity index (χ1v) is 11.5. The van der Waals surface area contributed by atoms with Gasteiger partial charge in [-0.15, -0.1) is 0 Å². The zero-order valence-corrected chi connectivity index (χ0v) is 21.1. The molecule has 0 heterocycles. The van der Waals surface area contributed by atoms with Crippen LogP contribution in [0.4, 0.5) is 0 Å². The maximum Gasteiger partial charge on any atom is 0.0167 e. The van der Waals surface area contributed by atoms with E-state index in [1.54, 1.807) is 0 Å². The molecule has 0 bridgehead atoms. The third kappa shape index (κ3) is 4.43. The SMILES string of the molecule is CC(C)C1=Cc2c(ccc(C(C)(C)C)c2-c2cc(C(C)(C)C)cc(C(C)(C)C)c2)[CH]1. The third-order valence-corrected chi connectivity index (χ3v) is 6.34. The van der Waals surface area contributed by atoms with Gasteiger partial charge in [-0.3, -0.25) is 0 Å². The van der Waals surface area contributed by atoms with E-state index in [0.717, 1.165) is 0 Å². The first-order chi connectivity index (χ1) is 13.6. The minimum absolute atomic E-state index is 0.0818. The van der Waals surface area contributed by atoms with Gasteiger partial charge in [0.05, 0.1) is 0 Å². The van der Waals surface area contributed by atoms with Crippen molar-refractivity contribution in [2.24, 2.45) is 5.92 Å². The van der Waals surface area contributed by atoms with Crippen LogP contribution in [-0.4, -0.2) is 0 Å². The van der Waals surface area contributed by atoms with Gasteiger partial charge in [-0.2, -0.15) is 0 Å². The fourth-order valence-electron chi connectivity index (χ4n) is 4.21. The van der Waals surface area contributed by atoms with E-state index in [4.69, 9.17) is 0 Å². The summed E-state index contributed by atoms with van der Waals surface area (Å²) in [4.78, 5) is 0. The maximum atomic E-state index is 2.45. The monoisotopic (exact) mass is 401 g/mol. The maximum absolute atomic E-state index is 2.45. The number of fused-ring (bicyclic) bond motifs is 1. The average Bonchev–Trinajstić information content (AvgIpc) is 3.02. The van der Waals surface area contributed by atoms with Crippen LogP contribution in [0.1, 0.15) is 104 Å². The van der Waals surface area contributed by atoms with Gasteiger partial charge < -0.3 is 0 Å². The summed E-state index contributed by atoms with van der Waals surface area (Å²) in [6, 6.07) is 12.0. The minimum atomic E-state index is 0.0818. The molecule has 0 fully saturated rings. The minimum Gasteiger partial charge on any atom is -0.0590 e. The molecule has 2 aromatic rings. The smallest absolute Gasteiger partial charge is 0.0167 e. The van der Waals surface area contributed by atoms with Crippen LogP contribution < -0.4 is 0 Å². The summed E-state index contributed by atoms with van der Waals surface area (Å²) in [5.74, 6) is 0.536. The predicted octanol–water partition coefficient (Wildman–Crippen LogP) is 8.85. The molecule has 0 N–H and O–H groups in total. The molecular formula is C30H41. The summed E-state index contributed by atoms with van der Waals surface area (Å²) < 4.78 is 0. The highest BCUT2D eigenvalue weighted by Crippen LogP contribution is 2.44. The zero-order valence-electron chi connectivity index (χ0n) is 21.1. The summed E-state index contributed by atoms with van der Waals surface area (Å²) in [5.41, 5.74) is 11.5. The number of benzene rings is 2. The third-order valence-electron chi connectivity index (χ3n) is 6.34. The zero-order chi connectivity index (χ0) is 22.6. The molecule has 3 rings (SSSR count). The quantitative estimate of drug-likeness (QED) is 0.471. The molecule has 1 aliphatic rings. The lowest BCUT2D eigenvalue weighted by Gasteiger charge is -2.29. The van der Waals surface area contributed by atoms with Gasteiger partial charge in [0.1, 0.15) is 0 Å². The van der Waals surface area contributed by atoms with Crippen LogP contribution in [0.15, 0.2) is 35.9 Å². The lowest BCUT2D eigenvalue weighted by Crippen LogP contribution is -2.18. The van der Waals surface area contributed by atoms with Crippen molar-refractivity contribution in [2.45, 2.75) is 92.4 Å². The molecule has 0 heteroatoms. The van der Waals surface area contributed by atoms with E-state index in [9.17, 15) is 0 Å². The molecule has 0 unspecified atom stereocenters. The molecule has 30 heavy (non-hydrogen) atoms. The first-order valence-electron chi connectivity index (χ1n) is 11.5. The Morgan fingerprint density at radius 3 is 1.63 bits per heavy atom. The van der Waals surface area contributed by atoms with Gasteiger partial charge in [0.2, 0.25) is 0 Å². The van der Waals surface area contributed by atoms with Crippen molar-refractivity contribution >= 4 is 6.08 Å². The van der Waals surface area contributed by atoms with E-state index in [1.807, 2.05) is 0 Å². The van der Waals surface area contributed by atoms with E-state index in [-0.39, 0.29) is 16.2 Å². The standard InChI is InChI=1S/C30H41/c1-19(2)21-14-20-12-13-26(30(9,10)11)27(25(20)17-21)22-15-23(28(3,4)5)18-24(16-22)29(6,7)8/h12-19H,1-11H3. The van der Waals surface area contributed by atoms with Crippen LogP contribution in [0.25, 0.3) is 17.2 Å². The van der Waals surface area contributed by atoms with E-state index in [0.29, 0.717) is 5.92 Å². The molecule has 0 aliphatic heterocycles. The Hall–Kier alpha value is -1.82. The van der Waals surface area contributed by atoms with Crippen LogP contribution >= 0.6 is 0 Å². The number of hydrogen-bond donors (Lipinski definition) is 0. The van der Waals surface area contributed by atoms with Gasteiger partial charge in [0.25, 0.3) is 0 Å². The van der Waals surface area contributed by atoms with Gasteiger partial charge in [-0.1, -0.05) is 118 Å². The second-order valence-corrected chi connectivity index (χ2v) is 12.5. The molecule has 0 atom stereocenters. The first kappa shape index (κ1) is 22.9. The van der Waals surface area contributed by atoms with Crippen molar-refractivity contribution in [1.29, 1.82) is 0 Å². The van der Waals surface area contributed by atoms with Gasteiger partial charge in [-0.05, 0) is 61.1 Å². The normalized spacial score (nSPS) is 14.9. The van der Waals surface area contributed by atoms with Crippen LogP contribution in [0.5, 0.6) is 0 Å². The average molecular weight is 402 g/mol. The van der Waals surface area contributed by atoms with Crippen LogP contribution in [0.2, 0.25) is 0 Å². The van der Waals surface area contributed by atoms with Gasteiger partial charge in [0, 0.05) is 6.42 Å². The summed E-state index contributed by atoms with van der Waals surface area (Å²) in [6.07, 6.45) is 4.82. The van der Waals surface area contributed by atoms with E-state index < -0.39 is 0 Å². The Morgan fingerprint density at radius 2 is 1.20 bits per heavy atom. The van der Waals surface area contributed by atoms with Crippen molar-refractivity contribution in [3.63, 3.8) is 0 Å². The molecule has 1 radical (unpaired) electrons. The Balaban J connectivity index is 2.39. The van der Waals surface area contributed by atoms with Crippen molar-refractivity contribution in [3.8, 4) is 11.1 Å². The highest BCUT2D eigenvalue weighted by Gasteiger charge is 2.28. The summed E-state index contributed by atoms with van der Waals surface area (Å²) in [5, 5.41) is 0. The van der Waals surface area contributed by atoms with E-state index >= 15 is 0 Å². The Labute approximate surface area is 185 Å². The summed E-state index contributed by atoms with van der Waals surface area (Å²) in [6.45, 7) is 25.5. The number of hydrogen-bond acceptors (Lipinski definition) is 0. The Morgan fingerprint density at radius 1 is 0.667 bits per heavy atom. The van der Waals surface area contributed by atoms with E-state index in [1.165, 1.54) is 44.5 Å². The topological polar surface area (TPSA) is 0 Å². The van der Waals surface area contributed by atoms with E-state index in [2.05, 4.69) is 119 Å². The Bertz CT molecular complexity index is 944. The van der Waals surface area contributed by atoms with Crippen LogP contribution in [0, 0.1) is 12.3 Å². The molecule has 161 valence electrons. The fourth-order valence-corrected chi connectivity index (χ4v) is 4.21. The molecule has 2 aromatic carbocycles. The molecule has 0 spiro atoms. The van der Waals surface area contributed by atoms with Crippen molar-refractivity contribution in [1.82, 2.24) is 0 Å². The number of rotatable bonds is 2. The second kappa shape index (κ2) is 7.40. The number of allylic oxidation sites excluding steroid dienone is 1. The highest BCUT2D eigenvalue weighted by atomic mass is 14.3. The summed E-state index contributed by atoms with van der Waals surface area (Å²) >= 11 is 0. The molecule has 1 aliphatic carbocycles. The fraction of sp³-hybridized carbons (Fsp3) is 0.500. The van der Waals surface area contributed by atoms with Crippen molar-refractivity contribution in [3.05, 3.63) is 70.1 Å². The molecule has 0 saturated carbocycles. The molecular weight excluding hydrogens is 360 g/mol. The molecule has 0 saturated heterocycles. The van der Waals surface area contributed by atoms with Crippen molar-refractivity contribution < 1.29 is 0 Å². The molecule has 0 amide bonds. The largest absolute Gasteiger partial charge is 0.0590 e. The second-order valence-electron chi connectivity index (χ2n) is 12.5. The van der Waals surface area contributed by atoms with Gasteiger partial charge >= 0.3 is 0 Å². The summed E-state index contributed by atoms with van der Waals surface area (Å²) in [7, 11) is 0. The Kier molecular flexibility index (Phi) is 5.64. The van der Waals surface area contributed by atoms with Gasteiger partial charge in [-0.25, -0.2) is 0 Å². The molecule has 0 aromatic heterocycles. The van der Waals surface area contributed by atoms with Crippen LogP contribution in [0.3, 0.4) is 0 Å². The highest BCUT2D eigenvalue weighted by molar-refractivity contribution is 5.86. The lowest BCUT2D eigenvalue weighted by molar-refractivity contribution is 0.568. The van der Waals surface area contributed by atoms with Gasteiger partial charge in [0.15, 0.2) is 0 Å². The molecule has 0 nitrogen and oxygen atoms in total.